The van der Waals surface area contributed by atoms with E-state index in [-0.39, 0.29) is 63.2 Å². The highest BCUT2D eigenvalue weighted by atomic mass is 16.6. The Balaban J connectivity index is 1.44. The molecule has 0 spiro atoms. The van der Waals surface area contributed by atoms with Crippen molar-refractivity contribution in [1.29, 1.82) is 0 Å². The summed E-state index contributed by atoms with van der Waals surface area (Å²) in [5.41, 5.74) is -0.192. The molecule has 10 atom stereocenters. The first-order valence-corrected chi connectivity index (χ1v) is 14.3. The zero-order chi connectivity index (χ0) is 24.5. The number of aliphatic hydroxyl groups is 2. The van der Waals surface area contributed by atoms with Gasteiger partial charge in [0.1, 0.15) is 6.10 Å². The van der Waals surface area contributed by atoms with Crippen LogP contribution in [0.25, 0.3) is 0 Å². The maximum absolute atomic E-state index is 13.4. The third-order valence-corrected chi connectivity index (χ3v) is 14.0. The third kappa shape index (κ3) is 2.47. The van der Waals surface area contributed by atoms with Gasteiger partial charge >= 0.3 is 5.97 Å². The second-order valence-electron chi connectivity index (χ2n) is 15.4. The number of ether oxygens (including phenoxy) is 1. The molecule has 1 saturated heterocycles. The summed E-state index contributed by atoms with van der Waals surface area (Å²) in [4.78, 5) is 13.4. The van der Waals surface area contributed by atoms with Crippen molar-refractivity contribution in [3.63, 3.8) is 0 Å². The number of fused-ring (bicyclic) bond motifs is 5. The van der Waals surface area contributed by atoms with Crippen molar-refractivity contribution >= 4 is 5.97 Å². The first-order chi connectivity index (χ1) is 15.8. The topological polar surface area (TPSA) is 66.8 Å². The van der Waals surface area contributed by atoms with E-state index in [0.717, 1.165) is 57.8 Å². The smallest absolute Gasteiger partial charge is 0.312 e. The monoisotopic (exact) mass is 472 g/mol. The van der Waals surface area contributed by atoms with Crippen molar-refractivity contribution in [3.8, 4) is 0 Å². The fourth-order valence-electron chi connectivity index (χ4n) is 12.0. The zero-order valence-electron chi connectivity index (χ0n) is 22.5. The molecule has 4 nitrogen and oxygen atoms in total. The average molecular weight is 473 g/mol. The summed E-state index contributed by atoms with van der Waals surface area (Å²) in [6.07, 6.45) is 10.2. The molecule has 5 saturated carbocycles. The van der Waals surface area contributed by atoms with Crippen molar-refractivity contribution in [2.75, 3.05) is 6.61 Å². The van der Waals surface area contributed by atoms with E-state index in [0.29, 0.717) is 17.8 Å². The summed E-state index contributed by atoms with van der Waals surface area (Å²) in [5.74, 6) is 1.79. The number of esters is 1. The van der Waals surface area contributed by atoms with Crippen molar-refractivity contribution in [2.45, 2.75) is 118 Å². The summed E-state index contributed by atoms with van der Waals surface area (Å²) in [6, 6.07) is 0. The predicted molar refractivity (Wildman–Crippen MR) is 132 cm³/mol. The van der Waals surface area contributed by atoms with E-state index in [2.05, 4.69) is 41.5 Å². The maximum atomic E-state index is 13.4. The molecule has 1 aliphatic heterocycles. The molecule has 34 heavy (non-hydrogen) atoms. The Morgan fingerprint density at radius 2 is 1.56 bits per heavy atom. The van der Waals surface area contributed by atoms with Crippen molar-refractivity contribution in [1.82, 2.24) is 0 Å². The molecule has 6 aliphatic rings. The van der Waals surface area contributed by atoms with Gasteiger partial charge in [-0.15, -0.1) is 0 Å². The van der Waals surface area contributed by atoms with E-state index in [1.54, 1.807) is 0 Å². The Bertz CT molecular complexity index is 894. The number of hydrogen-bond donors (Lipinski definition) is 2. The van der Waals surface area contributed by atoms with E-state index < -0.39 is 0 Å². The third-order valence-electron chi connectivity index (χ3n) is 14.0. The number of carbonyl (C=O) groups is 1. The van der Waals surface area contributed by atoms with Gasteiger partial charge in [0.05, 0.1) is 11.5 Å². The number of hydrogen-bond acceptors (Lipinski definition) is 4. The van der Waals surface area contributed by atoms with Gasteiger partial charge in [-0.05, 0) is 98.2 Å². The maximum Gasteiger partial charge on any atom is 0.312 e. The molecule has 0 amide bonds. The fourth-order valence-corrected chi connectivity index (χ4v) is 12.0. The normalized spacial score (nSPS) is 57.0. The molecule has 6 rings (SSSR count). The van der Waals surface area contributed by atoms with Gasteiger partial charge < -0.3 is 14.9 Å². The van der Waals surface area contributed by atoms with Crippen LogP contribution in [-0.2, 0) is 9.53 Å². The minimum absolute atomic E-state index is 0.000752. The Kier molecular flexibility index (Phi) is 4.77. The first kappa shape index (κ1) is 23.8. The molecule has 2 N–H and O–H groups in total. The lowest BCUT2D eigenvalue weighted by Gasteiger charge is -2.73. The van der Waals surface area contributed by atoms with E-state index >= 15 is 0 Å². The first-order valence-electron chi connectivity index (χ1n) is 14.3. The van der Waals surface area contributed by atoms with E-state index in [9.17, 15) is 15.0 Å². The largest absolute Gasteiger partial charge is 0.461 e. The van der Waals surface area contributed by atoms with Gasteiger partial charge in [-0.25, -0.2) is 0 Å². The van der Waals surface area contributed by atoms with Crippen LogP contribution in [0.4, 0.5) is 0 Å². The number of carbonyl (C=O) groups excluding carboxylic acids is 1. The predicted octanol–water partition coefficient (Wildman–Crippen LogP) is 5.74. The molecule has 10 unspecified atom stereocenters. The van der Waals surface area contributed by atoms with Crippen molar-refractivity contribution in [3.05, 3.63) is 0 Å². The SMILES string of the molecule is CC1(C)CCC23CCC4(CO)C(CCC5C6(C)CCC(O)C(C)(C)C6CCC54C)C2C1OC3=O. The summed E-state index contributed by atoms with van der Waals surface area (Å²) in [5, 5.41) is 22.2. The minimum Gasteiger partial charge on any atom is -0.461 e. The van der Waals surface area contributed by atoms with Gasteiger partial charge in [-0.1, -0.05) is 41.5 Å². The molecule has 2 bridgehead atoms. The number of aliphatic hydroxyl groups excluding tert-OH is 2. The van der Waals surface area contributed by atoms with Crippen LogP contribution in [0.3, 0.4) is 0 Å². The van der Waals surface area contributed by atoms with E-state index in [1.165, 1.54) is 6.42 Å². The van der Waals surface area contributed by atoms with Gasteiger partial charge in [0.25, 0.3) is 0 Å². The summed E-state index contributed by atoms with van der Waals surface area (Å²) < 4.78 is 6.24. The molecule has 0 aromatic rings. The fraction of sp³-hybridized carbons (Fsp3) is 0.967. The molecular formula is C30H48O4. The molecule has 1 heterocycles. The lowest BCUT2D eigenvalue weighted by molar-refractivity contribution is -0.266. The highest BCUT2D eigenvalue weighted by Gasteiger charge is 2.76. The van der Waals surface area contributed by atoms with Crippen LogP contribution in [-0.4, -0.2) is 35.0 Å². The van der Waals surface area contributed by atoms with Crippen LogP contribution >= 0.6 is 0 Å². The second kappa shape index (κ2) is 6.82. The Hall–Kier alpha value is -0.610. The Morgan fingerprint density at radius 1 is 0.853 bits per heavy atom. The highest BCUT2D eigenvalue weighted by Crippen LogP contribution is 2.78. The zero-order valence-corrected chi connectivity index (χ0v) is 22.5. The molecule has 0 aromatic carbocycles. The van der Waals surface area contributed by atoms with Gasteiger partial charge in [-0.3, -0.25) is 4.79 Å². The van der Waals surface area contributed by atoms with E-state index in [1.807, 2.05) is 0 Å². The lowest BCUT2D eigenvalue weighted by Crippen LogP contribution is -2.69. The van der Waals surface area contributed by atoms with Crippen LogP contribution in [0.15, 0.2) is 0 Å². The lowest BCUT2D eigenvalue weighted by atomic mass is 9.31. The van der Waals surface area contributed by atoms with Crippen LogP contribution in [0.2, 0.25) is 0 Å². The average Bonchev–Trinajstić information content (AvgIpc) is 3.03. The second-order valence-corrected chi connectivity index (χ2v) is 15.4. The molecule has 0 radical (unpaired) electrons. The standard InChI is InChI=1S/C30H48O4/c1-25(2)13-14-29-15-16-30(17-31)18(22(29)23(25)34-24(29)33)7-8-20-27(5)11-10-21(32)26(3,4)19(27)9-12-28(20,30)6/h18-23,31-32H,7-17H2,1-6H3. The van der Waals surface area contributed by atoms with Gasteiger partial charge in [-0.2, -0.15) is 0 Å². The Labute approximate surface area is 206 Å². The molecule has 0 aromatic heterocycles. The van der Waals surface area contributed by atoms with Crippen LogP contribution in [0, 0.1) is 56.2 Å². The molecule has 6 fully saturated rings. The summed E-state index contributed by atoms with van der Waals surface area (Å²) >= 11 is 0. The van der Waals surface area contributed by atoms with Gasteiger partial charge in [0, 0.05) is 23.4 Å². The van der Waals surface area contributed by atoms with Crippen LogP contribution in [0.1, 0.15) is 106 Å². The summed E-state index contributed by atoms with van der Waals surface area (Å²) in [7, 11) is 0. The van der Waals surface area contributed by atoms with Crippen molar-refractivity contribution < 1.29 is 19.7 Å². The molecule has 4 heteroatoms. The number of rotatable bonds is 1. The van der Waals surface area contributed by atoms with E-state index in [4.69, 9.17) is 4.74 Å². The Morgan fingerprint density at radius 3 is 2.26 bits per heavy atom. The minimum atomic E-state index is -0.301. The molecule has 5 aliphatic carbocycles. The quantitative estimate of drug-likeness (QED) is 0.478. The summed E-state index contributed by atoms with van der Waals surface area (Å²) in [6.45, 7) is 14.5. The van der Waals surface area contributed by atoms with Gasteiger partial charge in [0.2, 0.25) is 0 Å². The van der Waals surface area contributed by atoms with Gasteiger partial charge in [0.15, 0.2) is 0 Å². The van der Waals surface area contributed by atoms with Crippen molar-refractivity contribution in [2.24, 2.45) is 56.2 Å². The highest BCUT2D eigenvalue weighted by molar-refractivity contribution is 5.81. The van der Waals surface area contributed by atoms with Crippen LogP contribution < -0.4 is 0 Å². The van der Waals surface area contributed by atoms with Crippen LogP contribution in [0.5, 0.6) is 0 Å². The molecular weight excluding hydrogens is 424 g/mol. The molecule has 192 valence electrons.